The topological polar surface area (TPSA) is 61.4 Å². The fourth-order valence-electron chi connectivity index (χ4n) is 2.45. The number of hydrogen-bond acceptors (Lipinski definition) is 2. The lowest BCUT2D eigenvalue weighted by atomic mass is 10.1. The Morgan fingerprint density at radius 2 is 2.27 bits per heavy atom. The first-order valence-corrected chi connectivity index (χ1v) is 7.70. The maximum absolute atomic E-state index is 11.6. The molecule has 1 aromatic carbocycles. The van der Waals surface area contributed by atoms with Crippen LogP contribution in [0, 0.1) is 6.92 Å². The van der Waals surface area contributed by atoms with Gasteiger partial charge in [-0.15, -0.1) is 0 Å². The fraction of sp³-hybridized carbons (Fsp3) is 0.412. The third kappa shape index (κ3) is 5.24. The predicted molar refractivity (Wildman–Crippen MR) is 87.2 cm³/mol. The summed E-state index contributed by atoms with van der Waals surface area (Å²) in [6.45, 7) is 4.17. The van der Waals surface area contributed by atoms with E-state index in [1.165, 1.54) is 5.56 Å². The number of carbonyl (C=O) groups is 2. The number of benzene rings is 1. The Morgan fingerprint density at radius 1 is 1.41 bits per heavy atom. The smallest absolute Gasteiger partial charge is 0.318 e. The van der Waals surface area contributed by atoms with Gasteiger partial charge in [-0.1, -0.05) is 29.8 Å². The van der Waals surface area contributed by atoms with Crippen LogP contribution in [0.25, 0.3) is 6.08 Å². The summed E-state index contributed by atoms with van der Waals surface area (Å²) in [6.07, 6.45) is 5.89. The summed E-state index contributed by atoms with van der Waals surface area (Å²) in [5, 5.41) is 5.46. The Bertz CT molecular complexity index is 555. The Hall–Kier alpha value is -2.30. The maximum Gasteiger partial charge on any atom is 0.318 e. The second kappa shape index (κ2) is 8.22. The highest BCUT2D eigenvalue weighted by atomic mass is 16.2. The van der Waals surface area contributed by atoms with Crippen molar-refractivity contribution in [2.75, 3.05) is 19.6 Å². The Labute approximate surface area is 131 Å². The molecular formula is C17H23N3O2. The number of likely N-dealkylation sites (tertiary alicyclic amines) is 1. The van der Waals surface area contributed by atoms with E-state index in [1.807, 2.05) is 42.2 Å². The van der Waals surface area contributed by atoms with Crippen molar-refractivity contribution in [1.29, 1.82) is 0 Å². The molecule has 1 aliphatic heterocycles. The van der Waals surface area contributed by atoms with Crippen LogP contribution in [0.4, 0.5) is 4.79 Å². The average molecular weight is 301 g/mol. The molecule has 118 valence electrons. The molecule has 1 heterocycles. The maximum atomic E-state index is 11.6. The van der Waals surface area contributed by atoms with Crippen molar-refractivity contribution in [2.24, 2.45) is 0 Å². The van der Waals surface area contributed by atoms with Crippen molar-refractivity contribution in [3.05, 3.63) is 41.6 Å². The van der Waals surface area contributed by atoms with Gasteiger partial charge in [-0.25, -0.2) is 4.79 Å². The van der Waals surface area contributed by atoms with E-state index >= 15 is 0 Å². The SMILES string of the molecule is Cc1cccc(/C=C/NC(=O)NCCCN2CCCC2=O)c1. The quantitative estimate of drug-likeness (QED) is 0.792. The lowest BCUT2D eigenvalue weighted by Crippen LogP contribution is -2.35. The van der Waals surface area contributed by atoms with Crippen molar-refractivity contribution in [2.45, 2.75) is 26.2 Å². The van der Waals surface area contributed by atoms with Gasteiger partial charge in [0.05, 0.1) is 0 Å². The number of aryl methyl sites for hydroxylation is 1. The molecule has 22 heavy (non-hydrogen) atoms. The molecule has 5 nitrogen and oxygen atoms in total. The van der Waals surface area contributed by atoms with Crippen LogP contribution in [0.15, 0.2) is 30.5 Å². The van der Waals surface area contributed by atoms with Gasteiger partial charge in [0, 0.05) is 32.3 Å². The van der Waals surface area contributed by atoms with Crippen LogP contribution < -0.4 is 10.6 Å². The van der Waals surface area contributed by atoms with Gasteiger partial charge in [-0.05, 0) is 31.4 Å². The largest absolute Gasteiger partial charge is 0.343 e. The first kappa shape index (κ1) is 16.1. The monoisotopic (exact) mass is 301 g/mol. The first-order valence-electron chi connectivity index (χ1n) is 7.70. The molecule has 0 spiro atoms. The number of hydrogen-bond donors (Lipinski definition) is 2. The molecular weight excluding hydrogens is 278 g/mol. The minimum Gasteiger partial charge on any atom is -0.343 e. The van der Waals surface area contributed by atoms with Crippen LogP contribution in [0.2, 0.25) is 0 Å². The summed E-state index contributed by atoms with van der Waals surface area (Å²) in [6, 6.07) is 7.81. The summed E-state index contributed by atoms with van der Waals surface area (Å²) in [7, 11) is 0. The number of urea groups is 1. The molecule has 0 bridgehead atoms. The van der Waals surface area contributed by atoms with Crippen LogP contribution >= 0.6 is 0 Å². The van der Waals surface area contributed by atoms with Crippen molar-refractivity contribution in [3.63, 3.8) is 0 Å². The molecule has 3 amide bonds. The third-order valence-electron chi connectivity index (χ3n) is 3.59. The zero-order valence-electron chi connectivity index (χ0n) is 13.0. The summed E-state index contributed by atoms with van der Waals surface area (Å²) in [5.41, 5.74) is 2.23. The van der Waals surface area contributed by atoms with Crippen LogP contribution in [0.1, 0.15) is 30.4 Å². The summed E-state index contributed by atoms with van der Waals surface area (Å²) in [5.74, 6) is 0.227. The van der Waals surface area contributed by atoms with Crippen LogP contribution in [-0.4, -0.2) is 36.5 Å². The molecule has 0 aliphatic carbocycles. The highest BCUT2D eigenvalue weighted by Crippen LogP contribution is 2.09. The second-order valence-electron chi connectivity index (χ2n) is 5.49. The van der Waals surface area contributed by atoms with Gasteiger partial charge in [0.2, 0.25) is 5.91 Å². The molecule has 2 rings (SSSR count). The van der Waals surface area contributed by atoms with Crippen molar-refractivity contribution in [1.82, 2.24) is 15.5 Å². The Morgan fingerprint density at radius 3 is 3.00 bits per heavy atom. The minimum absolute atomic E-state index is 0.225. The third-order valence-corrected chi connectivity index (χ3v) is 3.59. The standard InChI is InChI=1S/C17H23N3O2/c1-14-5-2-6-15(13-14)8-10-19-17(22)18-9-4-12-20-11-3-7-16(20)21/h2,5-6,8,10,13H,3-4,7,9,11-12H2,1H3,(H2,18,19,22)/b10-8+. The number of amides is 3. The van der Waals surface area contributed by atoms with E-state index in [-0.39, 0.29) is 11.9 Å². The highest BCUT2D eigenvalue weighted by molar-refractivity contribution is 5.78. The van der Waals surface area contributed by atoms with Gasteiger partial charge in [-0.3, -0.25) is 4.79 Å². The predicted octanol–water partition coefficient (Wildman–Crippen LogP) is 2.28. The molecule has 5 heteroatoms. The zero-order chi connectivity index (χ0) is 15.8. The van der Waals surface area contributed by atoms with Gasteiger partial charge in [0.15, 0.2) is 0 Å². The number of nitrogens with one attached hydrogen (secondary N) is 2. The first-order chi connectivity index (χ1) is 10.6. The van der Waals surface area contributed by atoms with E-state index < -0.39 is 0 Å². The van der Waals surface area contributed by atoms with E-state index in [2.05, 4.69) is 10.6 Å². The van der Waals surface area contributed by atoms with Gasteiger partial charge in [0.1, 0.15) is 0 Å². The van der Waals surface area contributed by atoms with E-state index in [1.54, 1.807) is 6.20 Å². The van der Waals surface area contributed by atoms with E-state index in [0.717, 1.165) is 31.5 Å². The number of carbonyl (C=O) groups excluding carboxylic acids is 2. The number of nitrogens with zero attached hydrogens (tertiary/aromatic N) is 1. The minimum atomic E-state index is -0.225. The molecule has 0 aromatic heterocycles. The Kier molecular flexibility index (Phi) is 6.01. The summed E-state index contributed by atoms with van der Waals surface area (Å²) < 4.78 is 0. The van der Waals surface area contributed by atoms with Gasteiger partial charge in [0.25, 0.3) is 0 Å². The fourth-order valence-corrected chi connectivity index (χ4v) is 2.45. The van der Waals surface area contributed by atoms with Crippen LogP contribution in [0.3, 0.4) is 0 Å². The zero-order valence-corrected chi connectivity index (χ0v) is 13.0. The van der Waals surface area contributed by atoms with Gasteiger partial charge < -0.3 is 15.5 Å². The second-order valence-corrected chi connectivity index (χ2v) is 5.49. The molecule has 0 atom stereocenters. The van der Waals surface area contributed by atoms with Crippen molar-refractivity contribution < 1.29 is 9.59 Å². The lowest BCUT2D eigenvalue weighted by Gasteiger charge is -2.15. The van der Waals surface area contributed by atoms with E-state index in [0.29, 0.717) is 13.0 Å². The molecule has 1 aromatic rings. The van der Waals surface area contributed by atoms with Crippen LogP contribution in [-0.2, 0) is 4.79 Å². The molecule has 0 radical (unpaired) electrons. The normalized spacial score (nSPS) is 14.6. The Balaban J connectivity index is 1.60. The average Bonchev–Trinajstić information content (AvgIpc) is 2.89. The summed E-state index contributed by atoms with van der Waals surface area (Å²) in [4.78, 5) is 24.9. The number of rotatable bonds is 6. The van der Waals surface area contributed by atoms with Gasteiger partial charge in [-0.2, -0.15) is 0 Å². The molecule has 1 fully saturated rings. The van der Waals surface area contributed by atoms with Crippen LogP contribution in [0.5, 0.6) is 0 Å². The van der Waals surface area contributed by atoms with Crippen molar-refractivity contribution >= 4 is 18.0 Å². The molecule has 1 saturated heterocycles. The van der Waals surface area contributed by atoms with Gasteiger partial charge >= 0.3 is 6.03 Å². The highest BCUT2D eigenvalue weighted by Gasteiger charge is 2.18. The van der Waals surface area contributed by atoms with E-state index in [9.17, 15) is 9.59 Å². The van der Waals surface area contributed by atoms with E-state index in [4.69, 9.17) is 0 Å². The molecule has 0 saturated carbocycles. The summed E-state index contributed by atoms with van der Waals surface area (Å²) >= 11 is 0. The molecule has 0 unspecified atom stereocenters. The lowest BCUT2D eigenvalue weighted by molar-refractivity contribution is -0.127. The molecule has 2 N–H and O–H groups in total. The molecule has 1 aliphatic rings. The van der Waals surface area contributed by atoms with Crippen molar-refractivity contribution in [3.8, 4) is 0 Å².